The molecule has 0 aliphatic heterocycles. The monoisotopic (exact) mass is 212 g/mol. The van der Waals surface area contributed by atoms with Gasteiger partial charge in [0.2, 0.25) is 0 Å². The predicted molar refractivity (Wildman–Crippen MR) is 59.8 cm³/mol. The molecule has 1 N–H and O–H groups in total. The van der Waals surface area contributed by atoms with Gasteiger partial charge in [0.1, 0.15) is 6.33 Å². The maximum Gasteiger partial charge on any atom is 0.345 e. The molecule has 0 saturated heterocycles. The van der Waals surface area contributed by atoms with E-state index in [1.54, 1.807) is 13.4 Å². The summed E-state index contributed by atoms with van der Waals surface area (Å²) in [6.07, 6.45) is 4.73. The van der Waals surface area contributed by atoms with Gasteiger partial charge in [-0.25, -0.2) is 9.48 Å². The molecule has 5 heteroatoms. The fraction of sp³-hybridized carbons (Fsp3) is 0.800. The standard InChI is InChI=1S/C10H20N4O/c1-4-9(11-2)6-5-7-14-10(15)13(3)8-12-14/h8-9,11H,4-7H2,1-3H3. The molecule has 0 aliphatic rings. The van der Waals surface area contributed by atoms with Crippen LogP contribution in [-0.4, -0.2) is 27.4 Å². The Morgan fingerprint density at radius 3 is 2.80 bits per heavy atom. The van der Waals surface area contributed by atoms with E-state index in [4.69, 9.17) is 0 Å². The van der Waals surface area contributed by atoms with Crippen molar-refractivity contribution in [2.24, 2.45) is 7.05 Å². The second kappa shape index (κ2) is 5.70. The Morgan fingerprint density at radius 1 is 1.60 bits per heavy atom. The second-order valence-electron chi connectivity index (χ2n) is 3.78. The van der Waals surface area contributed by atoms with E-state index < -0.39 is 0 Å². The molecule has 0 bridgehead atoms. The van der Waals surface area contributed by atoms with Crippen LogP contribution in [0.2, 0.25) is 0 Å². The maximum absolute atomic E-state index is 11.4. The fourth-order valence-corrected chi connectivity index (χ4v) is 1.61. The van der Waals surface area contributed by atoms with Gasteiger partial charge in [-0.15, -0.1) is 0 Å². The first-order valence-electron chi connectivity index (χ1n) is 5.44. The Labute approximate surface area is 90.1 Å². The Hall–Kier alpha value is -1.10. The van der Waals surface area contributed by atoms with Gasteiger partial charge in [0, 0.05) is 19.6 Å². The number of nitrogens with zero attached hydrogens (tertiary/aromatic N) is 3. The van der Waals surface area contributed by atoms with Crippen molar-refractivity contribution in [3.8, 4) is 0 Å². The Morgan fingerprint density at radius 2 is 2.33 bits per heavy atom. The highest BCUT2D eigenvalue weighted by Crippen LogP contribution is 2.01. The van der Waals surface area contributed by atoms with Crippen molar-refractivity contribution in [1.29, 1.82) is 0 Å². The topological polar surface area (TPSA) is 51.9 Å². The van der Waals surface area contributed by atoms with Crippen molar-refractivity contribution in [3.05, 3.63) is 16.8 Å². The number of rotatable bonds is 6. The first-order chi connectivity index (χ1) is 7.19. The number of aromatic nitrogens is 3. The zero-order valence-electron chi connectivity index (χ0n) is 9.73. The van der Waals surface area contributed by atoms with E-state index in [1.807, 2.05) is 7.05 Å². The number of nitrogens with one attached hydrogen (secondary N) is 1. The van der Waals surface area contributed by atoms with Crippen LogP contribution in [0.5, 0.6) is 0 Å². The highest BCUT2D eigenvalue weighted by molar-refractivity contribution is 4.67. The first-order valence-corrected chi connectivity index (χ1v) is 5.44. The lowest BCUT2D eigenvalue weighted by Gasteiger charge is -2.12. The normalized spacial score (nSPS) is 13.0. The summed E-state index contributed by atoms with van der Waals surface area (Å²) in [7, 11) is 3.69. The summed E-state index contributed by atoms with van der Waals surface area (Å²) in [6, 6.07) is 0.546. The number of hydrogen-bond donors (Lipinski definition) is 1. The van der Waals surface area contributed by atoms with Crippen molar-refractivity contribution in [2.45, 2.75) is 38.8 Å². The van der Waals surface area contributed by atoms with Crippen LogP contribution in [0.25, 0.3) is 0 Å². The van der Waals surface area contributed by atoms with Crippen LogP contribution in [0.1, 0.15) is 26.2 Å². The molecule has 0 aromatic carbocycles. The van der Waals surface area contributed by atoms with Crippen LogP contribution in [-0.2, 0) is 13.6 Å². The first kappa shape index (κ1) is 12.0. The van der Waals surface area contributed by atoms with Crippen LogP contribution >= 0.6 is 0 Å². The van der Waals surface area contributed by atoms with Crippen molar-refractivity contribution in [3.63, 3.8) is 0 Å². The molecule has 1 rings (SSSR count). The van der Waals surface area contributed by atoms with Gasteiger partial charge in [0.05, 0.1) is 0 Å². The molecule has 0 aliphatic carbocycles. The van der Waals surface area contributed by atoms with E-state index in [0.29, 0.717) is 12.6 Å². The minimum absolute atomic E-state index is 0.0347. The average molecular weight is 212 g/mol. The second-order valence-corrected chi connectivity index (χ2v) is 3.78. The molecule has 1 unspecified atom stereocenters. The van der Waals surface area contributed by atoms with Gasteiger partial charge in [-0.05, 0) is 26.3 Å². The van der Waals surface area contributed by atoms with E-state index in [0.717, 1.165) is 19.3 Å². The largest absolute Gasteiger partial charge is 0.345 e. The Balaban J connectivity index is 2.38. The van der Waals surface area contributed by atoms with E-state index in [2.05, 4.69) is 17.3 Å². The molecule has 0 radical (unpaired) electrons. The fourth-order valence-electron chi connectivity index (χ4n) is 1.61. The third-order valence-electron chi connectivity index (χ3n) is 2.71. The van der Waals surface area contributed by atoms with E-state index in [9.17, 15) is 4.79 Å². The number of aryl methyl sites for hydroxylation is 2. The molecule has 15 heavy (non-hydrogen) atoms. The van der Waals surface area contributed by atoms with Gasteiger partial charge in [0.25, 0.3) is 0 Å². The third kappa shape index (κ3) is 3.20. The predicted octanol–water partition coefficient (Wildman–Crippen LogP) is 0.360. The van der Waals surface area contributed by atoms with Crippen molar-refractivity contribution >= 4 is 0 Å². The van der Waals surface area contributed by atoms with E-state index in [1.165, 1.54) is 9.25 Å². The molecule has 5 nitrogen and oxygen atoms in total. The van der Waals surface area contributed by atoms with Gasteiger partial charge in [-0.1, -0.05) is 6.92 Å². The SMILES string of the molecule is CCC(CCCn1ncn(C)c1=O)NC. The van der Waals surface area contributed by atoms with E-state index in [-0.39, 0.29) is 5.69 Å². The van der Waals surface area contributed by atoms with Gasteiger partial charge >= 0.3 is 5.69 Å². The third-order valence-corrected chi connectivity index (χ3v) is 2.71. The summed E-state index contributed by atoms with van der Waals surface area (Å²) in [4.78, 5) is 11.4. The molecular formula is C10H20N4O. The maximum atomic E-state index is 11.4. The summed E-state index contributed by atoms with van der Waals surface area (Å²) in [6.45, 7) is 2.87. The lowest BCUT2D eigenvalue weighted by Crippen LogP contribution is -2.26. The van der Waals surface area contributed by atoms with Crippen molar-refractivity contribution in [1.82, 2.24) is 19.7 Å². The summed E-state index contributed by atoms with van der Waals surface area (Å²) in [5.41, 5.74) is -0.0347. The van der Waals surface area contributed by atoms with Crippen molar-refractivity contribution in [2.75, 3.05) is 7.05 Å². The summed E-state index contributed by atoms with van der Waals surface area (Å²) >= 11 is 0. The summed E-state index contributed by atoms with van der Waals surface area (Å²) < 4.78 is 3.01. The summed E-state index contributed by atoms with van der Waals surface area (Å²) in [5, 5.41) is 7.26. The zero-order valence-corrected chi connectivity index (χ0v) is 9.73. The molecule has 0 fully saturated rings. The highest BCUT2D eigenvalue weighted by atomic mass is 16.2. The Kier molecular flexibility index (Phi) is 4.55. The number of hydrogen-bond acceptors (Lipinski definition) is 3. The van der Waals surface area contributed by atoms with Crippen LogP contribution in [0.4, 0.5) is 0 Å². The van der Waals surface area contributed by atoms with Crippen LogP contribution in [0, 0.1) is 0 Å². The van der Waals surface area contributed by atoms with Gasteiger partial charge < -0.3 is 5.32 Å². The molecule has 0 saturated carbocycles. The summed E-state index contributed by atoms with van der Waals surface area (Å²) in [5.74, 6) is 0. The van der Waals surface area contributed by atoms with Crippen LogP contribution in [0.15, 0.2) is 11.1 Å². The molecule has 0 spiro atoms. The molecule has 86 valence electrons. The highest BCUT2D eigenvalue weighted by Gasteiger charge is 2.04. The van der Waals surface area contributed by atoms with Crippen LogP contribution < -0.4 is 11.0 Å². The van der Waals surface area contributed by atoms with Crippen molar-refractivity contribution < 1.29 is 0 Å². The van der Waals surface area contributed by atoms with Crippen LogP contribution in [0.3, 0.4) is 0 Å². The quantitative estimate of drug-likeness (QED) is 0.740. The van der Waals surface area contributed by atoms with Gasteiger partial charge in [0.15, 0.2) is 0 Å². The molecule has 1 atom stereocenters. The zero-order chi connectivity index (χ0) is 11.3. The molecular weight excluding hydrogens is 192 g/mol. The Bertz CT molecular complexity index is 337. The van der Waals surface area contributed by atoms with Gasteiger partial charge in [-0.3, -0.25) is 4.57 Å². The lowest BCUT2D eigenvalue weighted by atomic mass is 10.1. The lowest BCUT2D eigenvalue weighted by molar-refractivity contribution is 0.450. The van der Waals surface area contributed by atoms with Gasteiger partial charge in [-0.2, -0.15) is 5.10 Å². The molecule has 1 aromatic heterocycles. The minimum Gasteiger partial charge on any atom is -0.317 e. The minimum atomic E-state index is -0.0347. The molecule has 0 amide bonds. The smallest absolute Gasteiger partial charge is 0.317 e. The average Bonchev–Trinajstić information content (AvgIpc) is 2.56. The van der Waals surface area contributed by atoms with E-state index >= 15 is 0 Å². The molecule has 1 aromatic rings. The molecule has 1 heterocycles.